The van der Waals surface area contributed by atoms with E-state index in [4.69, 9.17) is 0 Å². The van der Waals surface area contributed by atoms with Crippen LogP contribution in [-0.4, -0.2) is 24.9 Å². The van der Waals surface area contributed by atoms with Crippen LogP contribution in [-0.2, 0) is 9.59 Å². The minimum Gasteiger partial charge on any atom is -0.355 e. The first kappa shape index (κ1) is 16.1. The Morgan fingerprint density at radius 2 is 1.85 bits per heavy atom. The maximum absolute atomic E-state index is 12.9. The van der Waals surface area contributed by atoms with Gasteiger partial charge in [0, 0.05) is 19.2 Å². The van der Waals surface area contributed by atoms with Gasteiger partial charge >= 0.3 is 0 Å². The summed E-state index contributed by atoms with van der Waals surface area (Å²) in [6.07, 6.45) is 3.08. The Kier molecular flexibility index (Phi) is 6.70. The zero-order valence-electron chi connectivity index (χ0n) is 12.0. The van der Waals surface area contributed by atoms with Crippen LogP contribution < -0.4 is 10.2 Å². The summed E-state index contributed by atoms with van der Waals surface area (Å²) in [5.41, 5.74) is 0.516. The van der Waals surface area contributed by atoms with Crippen molar-refractivity contribution in [2.24, 2.45) is 0 Å². The van der Waals surface area contributed by atoms with Crippen molar-refractivity contribution in [3.63, 3.8) is 0 Å². The number of carbonyl (C=O) groups excluding carboxylic acids is 2. The molecule has 2 amide bonds. The molecule has 0 saturated heterocycles. The number of hydrogen-bond acceptors (Lipinski definition) is 2. The Labute approximate surface area is 119 Å². The number of halogens is 1. The van der Waals surface area contributed by atoms with E-state index in [0.717, 1.165) is 19.3 Å². The molecule has 0 saturated carbocycles. The Morgan fingerprint density at radius 3 is 2.40 bits per heavy atom. The van der Waals surface area contributed by atoms with E-state index in [1.165, 1.54) is 36.1 Å². The predicted octanol–water partition coefficient (Wildman–Crippen LogP) is 2.49. The number of unbranched alkanes of at least 4 members (excludes halogenated alkanes) is 2. The average Bonchev–Trinajstić information content (AvgIpc) is 2.42. The SMILES string of the molecule is CCCCCNC(=O)CN(C(C)=O)c1ccc(F)cc1. The maximum Gasteiger partial charge on any atom is 0.240 e. The molecule has 20 heavy (non-hydrogen) atoms. The minimum atomic E-state index is -0.374. The van der Waals surface area contributed by atoms with E-state index in [0.29, 0.717) is 12.2 Å². The Bertz CT molecular complexity index is 446. The maximum atomic E-state index is 12.9. The number of carbonyl (C=O) groups is 2. The number of amides is 2. The standard InChI is InChI=1S/C15H21FN2O2/c1-3-4-5-10-17-15(20)11-18(12(2)19)14-8-6-13(16)7-9-14/h6-9H,3-5,10-11H2,1-2H3,(H,17,20). The molecule has 1 aromatic carbocycles. The molecule has 0 atom stereocenters. The van der Waals surface area contributed by atoms with Crippen LogP contribution in [0.5, 0.6) is 0 Å². The summed E-state index contributed by atoms with van der Waals surface area (Å²) in [4.78, 5) is 24.7. The van der Waals surface area contributed by atoms with Crippen LogP contribution in [0.15, 0.2) is 24.3 Å². The molecule has 0 radical (unpaired) electrons. The largest absolute Gasteiger partial charge is 0.355 e. The van der Waals surface area contributed by atoms with Crippen LogP contribution >= 0.6 is 0 Å². The molecule has 1 rings (SSSR count). The molecule has 0 aliphatic carbocycles. The fraction of sp³-hybridized carbons (Fsp3) is 0.467. The number of anilines is 1. The van der Waals surface area contributed by atoms with Gasteiger partial charge in [0.15, 0.2) is 0 Å². The molecule has 4 nitrogen and oxygen atoms in total. The van der Waals surface area contributed by atoms with Gasteiger partial charge in [-0.05, 0) is 30.7 Å². The number of nitrogens with zero attached hydrogens (tertiary/aromatic N) is 1. The zero-order valence-corrected chi connectivity index (χ0v) is 12.0. The van der Waals surface area contributed by atoms with Crippen molar-refractivity contribution in [1.29, 1.82) is 0 Å². The summed E-state index contributed by atoms with van der Waals surface area (Å²) in [5, 5.41) is 2.78. The lowest BCUT2D eigenvalue weighted by Gasteiger charge is -2.20. The van der Waals surface area contributed by atoms with Crippen molar-refractivity contribution in [2.45, 2.75) is 33.1 Å². The van der Waals surface area contributed by atoms with Crippen molar-refractivity contribution in [3.8, 4) is 0 Å². The van der Waals surface area contributed by atoms with E-state index in [-0.39, 0.29) is 24.2 Å². The Hall–Kier alpha value is -1.91. The quantitative estimate of drug-likeness (QED) is 0.780. The van der Waals surface area contributed by atoms with Crippen molar-refractivity contribution in [1.82, 2.24) is 5.32 Å². The second kappa shape index (κ2) is 8.30. The van der Waals surface area contributed by atoms with E-state index >= 15 is 0 Å². The highest BCUT2D eigenvalue weighted by Crippen LogP contribution is 2.14. The number of nitrogens with one attached hydrogen (secondary N) is 1. The van der Waals surface area contributed by atoms with Crippen LogP contribution in [0, 0.1) is 5.82 Å². The number of rotatable bonds is 7. The first-order valence-corrected chi connectivity index (χ1v) is 6.85. The highest BCUT2D eigenvalue weighted by molar-refractivity contribution is 5.97. The lowest BCUT2D eigenvalue weighted by Crippen LogP contribution is -2.40. The van der Waals surface area contributed by atoms with Gasteiger partial charge in [-0.1, -0.05) is 19.8 Å². The van der Waals surface area contributed by atoms with Crippen LogP contribution in [0.25, 0.3) is 0 Å². The van der Waals surface area contributed by atoms with Crippen molar-refractivity contribution < 1.29 is 14.0 Å². The molecule has 110 valence electrons. The molecule has 5 heteroatoms. The Balaban J connectivity index is 2.57. The summed E-state index contributed by atoms with van der Waals surface area (Å²) in [6.45, 7) is 4.04. The summed E-state index contributed by atoms with van der Waals surface area (Å²) in [6, 6.07) is 5.51. The monoisotopic (exact) mass is 280 g/mol. The summed E-state index contributed by atoms with van der Waals surface area (Å²) in [5.74, 6) is -0.831. The van der Waals surface area contributed by atoms with Gasteiger partial charge in [0.2, 0.25) is 11.8 Å². The minimum absolute atomic E-state index is 0.0485. The van der Waals surface area contributed by atoms with Gasteiger partial charge < -0.3 is 10.2 Å². The van der Waals surface area contributed by atoms with Gasteiger partial charge in [0.25, 0.3) is 0 Å². The molecule has 1 aromatic rings. The van der Waals surface area contributed by atoms with E-state index in [9.17, 15) is 14.0 Å². The van der Waals surface area contributed by atoms with Crippen LogP contribution in [0.2, 0.25) is 0 Å². The lowest BCUT2D eigenvalue weighted by atomic mass is 10.2. The summed E-state index contributed by atoms with van der Waals surface area (Å²) in [7, 11) is 0. The molecule has 0 fully saturated rings. The Morgan fingerprint density at radius 1 is 1.20 bits per heavy atom. The first-order chi connectivity index (χ1) is 9.54. The third kappa shape index (κ3) is 5.38. The molecule has 0 bridgehead atoms. The second-order valence-electron chi connectivity index (χ2n) is 4.64. The van der Waals surface area contributed by atoms with Crippen LogP contribution in [0.1, 0.15) is 33.1 Å². The molecule has 0 aromatic heterocycles. The smallest absolute Gasteiger partial charge is 0.240 e. The third-order valence-corrected chi connectivity index (χ3v) is 2.92. The highest BCUT2D eigenvalue weighted by Gasteiger charge is 2.15. The topological polar surface area (TPSA) is 49.4 Å². The van der Waals surface area contributed by atoms with Gasteiger partial charge in [-0.3, -0.25) is 9.59 Å². The summed E-state index contributed by atoms with van der Waals surface area (Å²) < 4.78 is 12.9. The zero-order chi connectivity index (χ0) is 15.0. The van der Waals surface area contributed by atoms with E-state index in [1.54, 1.807) is 0 Å². The molecule has 0 heterocycles. The van der Waals surface area contributed by atoms with Gasteiger partial charge in [0.1, 0.15) is 12.4 Å². The lowest BCUT2D eigenvalue weighted by molar-refractivity contribution is -0.123. The van der Waals surface area contributed by atoms with Gasteiger partial charge in [-0.15, -0.1) is 0 Å². The fourth-order valence-electron chi connectivity index (χ4n) is 1.81. The average molecular weight is 280 g/mol. The van der Waals surface area contributed by atoms with E-state index < -0.39 is 0 Å². The first-order valence-electron chi connectivity index (χ1n) is 6.85. The third-order valence-electron chi connectivity index (χ3n) is 2.92. The molecule has 0 unspecified atom stereocenters. The molecule has 0 aliphatic rings. The molecule has 0 aliphatic heterocycles. The predicted molar refractivity (Wildman–Crippen MR) is 77.0 cm³/mol. The van der Waals surface area contributed by atoms with Crippen molar-refractivity contribution >= 4 is 17.5 Å². The van der Waals surface area contributed by atoms with Gasteiger partial charge in [-0.2, -0.15) is 0 Å². The van der Waals surface area contributed by atoms with E-state index in [2.05, 4.69) is 12.2 Å². The van der Waals surface area contributed by atoms with Crippen molar-refractivity contribution in [3.05, 3.63) is 30.1 Å². The van der Waals surface area contributed by atoms with Crippen molar-refractivity contribution in [2.75, 3.05) is 18.0 Å². The van der Waals surface area contributed by atoms with Crippen LogP contribution in [0.4, 0.5) is 10.1 Å². The van der Waals surface area contributed by atoms with Gasteiger partial charge in [0.05, 0.1) is 0 Å². The van der Waals surface area contributed by atoms with E-state index in [1.807, 2.05) is 0 Å². The molecule has 0 spiro atoms. The van der Waals surface area contributed by atoms with Crippen LogP contribution in [0.3, 0.4) is 0 Å². The summed E-state index contributed by atoms with van der Waals surface area (Å²) >= 11 is 0. The van der Waals surface area contributed by atoms with Gasteiger partial charge in [-0.25, -0.2) is 4.39 Å². The molecular weight excluding hydrogens is 259 g/mol. The number of benzene rings is 1. The molecular formula is C15H21FN2O2. The fourth-order valence-corrected chi connectivity index (χ4v) is 1.81. The number of hydrogen-bond donors (Lipinski definition) is 1. The second-order valence-corrected chi connectivity index (χ2v) is 4.64. The molecule has 1 N–H and O–H groups in total. The normalized spacial score (nSPS) is 10.2. The highest BCUT2D eigenvalue weighted by atomic mass is 19.1.